The lowest BCUT2D eigenvalue weighted by Gasteiger charge is -2.22. The van der Waals surface area contributed by atoms with Crippen molar-refractivity contribution in [3.63, 3.8) is 0 Å². The Kier molecular flexibility index (Phi) is 9.71. The minimum atomic E-state index is -1.11. The second-order valence-corrected chi connectivity index (χ2v) is 5.14. The van der Waals surface area contributed by atoms with Gasteiger partial charge in [-0.2, -0.15) is 0 Å². The van der Waals surface area contributed by atoms with Gasteiger partial charge in [-0.15, -0.1) is 12.4 Å². The molecule has 0 aromatic carbocycles. The van der Waals surface area contributed by atoms with Crippen LogP contribution >= 0.6 is 12.4 Å². The van der Waals surface area contributed by atoms with E-state index in [0.29, 0.717) is 6.42 Å². The molecule has 0 aromatic rings. The van der Waals surface area contributed by atoms with Crippen molar-refractivity contribution in [1.29, 1.82) is 0 Å². The lowest BCUT2D eigenvalue weighted by atomic mass is 10.0. The average Bonchev–Trinajstić information content (AvgIpc) is 2.73. The Balaban J connectivity index is 0.00000400. The van der Waals surface area contributed by atoms with Crippen LogP contribution in [0.5, 0.6) is 0 Å². The topological polar surface area (TPSA) is 74.7 Å². The summed E-state index contributed by atoms with van der Waals surface area (Å²) in [5.41, 5.74) is 0. The molecule has 0 aromatic heterocycles. The second-order valence-electron chi connectivity index (χ2n) is 5.14. The summed E-state index contributed by atoms with van der Waals surface area (Å²) < 4.78 is 0. The predicted octanol–water partition coefficient (Wildman–Crippen LogP) is 2.93. The van der Waals surface area contributed by atoms with E-state index in [1.807, 2.05) is 0 Å². The van der Waals surface area contributed by atoms with E-state index in [-0.39, 0.29) is 12.4 Å². The summed E-state index contributed by atoms with van der Waals surface area (Å²) in [6, 6.07) is -1.03. The van der Waals surface area contributed by atoms with Crippen molar-refractivity contribution in [2.45, 2.75) is 64.3 Å². The van der Waals surface area contributed by atoms with Gasteiger partial charge in [-0.25, -0.2) is 4.79 Å². The first kappa shape index (κ1) is 19.6. The van der Waals surface area contributed by atoms with E-state index in [4.69, 9.17) is 5.11 Å². The maximum absolute atomic E-state index is 11.5. The highest BCUT2D eigenvalue weighted by Crippen LogP contribution is 2.16. The standard InChI is InChI=1S/C15H23NO4.ClH/c1-2-3-4-5-6-7-8-9-12(15(19)20)16-13(17)10-11-14(16)18;/h10-12H,2-9H2,1H3,(H,19,20);1H. The summed E-state index contributed by atoms with van der Waals surface area (Å²) in [5, 5.41) is 9.17. The van der Waals surface area contributed by atoms with Gasteiger partial charge in [-0.1, -0.05) is 51.9 Å². The van der Waals surface area contributed by atoms with Gasteiger partial charge in [0.25, 0.3) is 11.8 Å². The van der Waals surface area contributed by atoms with Gasteiger partial charge in [0.05, 0.1) is 0 Å². The third-order valence-corrected chi connectivity index (χ3v) is 3.52. The van der Waals surface area contributed by atoms with Gasteiger partial charge in [0, 0.05) is 12.2 Å². The Morgan fingerprint density at radius 2 is 1.52 bits per heavy atom. The van der Waals surface area contributed by atoms with Crippen LogP contribution in [0.2, 0.25) is 0 Å². The zero-order valence-corrected chi connectivity index (χ0v) is 13.2. The molecule has 1 aliphatic heterocycles. The molecule has 1 N–H and O–H groups in total. The quantitative estimate of drug-likeness (QED) is 0.496. The van der Waals surface area contributed by atoms with Crippen molar-refractivity contribution in [3.05, 3.63) is 12.2 Å². The van der Waals surface area contributed by atoms with Crippen LogP contribution in [0, 0.1) is 0 Å². The van der Waals surface area contributed by atoms with E-state index in [1.54, 1.807) is 0 Å². The van der Waals surface area contributed by atoms with Gasteiger partial charge in [-0.3, -0.25) is 14.5 Å². The van der Waals surface area contributed by atoms with E-state index in [1.165, 1.54) is 19.3 Å². The maximum atomic E-state index is 11.5. The highest BCUT2D eigenvalue weighted by atomic mass is 35.5. The Labute approximate surface area is 131 Å². The van der Waals surface area contributed by atoms with Crippen LogP contribution in [-0.4, -0.2) is 33.8 Å². The molecular weight excluding hydrogens is 294 g/mol. The molecule has 6 heteroatoms. The fourth-order valence-corrected chi connectivity index (χ4v) is 2.38. The van der Waals surface area contributed by atoms with Crippen molar-refractivity contribution in [2.24, 2.45) is 0 Å². The Morgan fingerprint density at radius 3 is 2.00 bits per heavy atom. The van der Waals surface area contributed by atoms with Crippen LogP contribution in [-0.2, 0) is 14.4 Å². The molecule has 5 nitrogen and oxygen atoms in total. The molecule has 1 aliphatic rings. The Morgan fingerprint density at radius 1 is 1.05 bits per heavy atom. The van der Waals surface area contributed by atoms with Gasteiger partial charge in [-0.05, 0) is 6.42 Å². The number of aliphatic carboxylic acids is 1. The number of nitrogens with zero attached hydrogens (tertiary/aromatic N) is 1. The molecule has 0 spiro atoms. The number of imide groups is 1. The van der Waals surface area contributed by atoms with Gasteiger partial charge >= 0.3 is 5.97 Å². The van der Waals surface area contributed by atoms with Crippen LogP contribution in [0.4, 0.5) is 0 Å². The molecule has 0 radical (unpaired) electrons. The molecule has 1 unspecified atom stereocenters. The van der Waals surface area contributed by atoms with Crippen LogP contribution in [0.25, 0.3) is 0 Å². The predicted molar refractivity (Wildman–Crippen MR) is 82.3 cm³/mol. The smallest absolute Gasteiger partial charge is 0.326 e. The van der Waals surface area contributed by atoms with Gasteiger partial charge in [0.2, 0.25) is 0 Å². The number of hydrogen-bond acceptors (Lipinski definition) is 3. The van der Waals surface area contributed by atoms with Gasteiger partial charge in [0.1, 0.15) is 6.04 Å². The Bertz CT molecular complexity index is 377. The van der Waals surface area contributed by atoms with E-state index in [0.717, 1.165) is 42.7 Å². The summed E-state index contributed by atoms with van der Waals surface area (Å²) in [6.07, 6.45) is 10.1. The van der Waals surface area contributed by atoms with Crippen LogP contribution in [0.3, 0.4) is 0 Å². The van der Waals surface area contributed by atoms with Gasteiger partial charge < -0.3 is 5.11 Å². The molecular formula is C15H24ClNO4. The van der Waals surface area contributed by atoms with E-state index in [9.17, 15) is 14.4 Å². The monoisotopic (exact) mass is 317 g/mol. The summed E-state index contributed by atoms with van der Waals surface area (Å²) in [5.74, 6) is -2.16. The molecule has 1 heterocycles. The van der Waals surface area contributed by atoms with Crippen molar-refractivity contribution < 1.29 is 19.5 Å². The van der Waals surface area contributed by atoms with E-state index in [2.05, 4.69) is 6.92 Å². The largest absolute Gasteiger partial charge is 0.480 e. The number of carbonyl (C=O) groups excluding carboxylic acids is 2. The fourth-order valence-electron chi connectivity index (χ4n) is 2.38. The highest BCUT2D eigenvalue weighted by molar-refractivity contribution is 6.14. The zero-order chi connectivity index (χ0) is 15.0. The van der Waals surface area contributed by atoms with Crippen LogP contribution < -0.4 is 0 Å². The molecule has 0 fully saturated rings. The zero-order valence-electron chi connectivity index (χ0n) is 12.4. The van der Waals surface area contributed by atoms with Crippen LogP contribution in [0.15, 0.2) is 12.2 Å². The fraction of sp³-hybridized carbons (Fsp3) is 0.667. The third kappa shape index (κ3) is 6.29. The van der Waals surface area contributed by atoms with Crippen molar-refractivity contribution in [3.8, 4) is 0 Å². The molecule has 1 atom stereocenters. The number of carbonyl (C=O) groups is 3. The third-order valence-electron chi connectivity index (χ3n) is 3.52. The molecule has 0 saturated heterocycles. The highest BCUT2D eigenvalue weighted by Gasteiger charge is 2.35. The molecule has 0 aliphatic carbocycles. The number of rotatable bonds is 10. The lowest BCUT2D eigenvalue weighted by Crippen LogP contribution is -2.44. The molecule has 0 saturated carbocycles. The van der Waals surface area contributed by atoms with Crippen molar-refractivity contribution in [2.75, 3.05) is 0 Å². The van der Waals surface area contributed by atoms with Gasteiger partial charge in [0.15, 0.2) is 0 Å². The summed E-state index contributed by atoms with van der Waals surface area (Å²) >= 11 is 0. The second kappa shape index (κ2) is 10.4. The number of carboxylic acid groups (broad SMARTS) is 1. The maximum Gasteiger partial charge on any atom is 0.326 e. The number of carboxylic acids is 1. The first-order valence-corrected chi connectivity index (χ1v) is 7.36. The molecule has 21 heavy (non-hydrogen) atoms. The number of amides is 2. The SMILES string of the molecule is CCCCCCCCCC(C(=O)O)N1C(=O)C=CC1=O.Cl. The normalized spacial score (nSPS) is 15.2. The van der Waals surface area contributed by atoms with Crippen LogP contribution in [0.1, 0.15) is 58.3 Å². The number of halogens is 1. The number of hydrogen-bond donors (Lipinski definition) is 1. The first-order valence-electron chi connectivity index (χ1n) is 7.36. The minimum absolute atomic E-state index is 0. The molecule has 2 amide bonds. The van der Waals surface area contributed by atoms with Crippen molar-refractivity contribution >= 4 is 30.2 Å². The molecule has 0 bridgehead atoms. The molecule has 1 rings (SSSR count). The Hall–Kier alpha value is -1.36. The summed E-state index contributed by atoms with van der Waals surface area (Å²) in [4.78, 5) is 35.0. The lowest BCUT2D eigenvalue weighted by molar-refractivity contribution is -0.153. The summed E-state index contributed by atoms with van der Waals surface area (Å²) in [7, 11) is 0. The number of unbranched alkanes of at least 4 members (excludes halogenated alkanes) is 6. The first-order chi connectivity index (χ1) is 9.57. The summed E-state index contributed by atoms with van der Waals surface area (Å²) in [6.45, 7) is 2.16. The molecule has 120 valence electrons. The van der Waals surface area contributed by atoms with E-state index < -0.39 is 23.8 Å². The van der Waals surface area contributed by atoms with Crippen molar-refractivity contribution in [1.82, 2.24) is 4.90 Å². The average molecular weight is 318 g/mol. The van der Waals surface area contributed by atoms with E-state index >= 15 is 0 Å². The minimum Gasteiger partial charge on any atom is -0.480 e.